The monoisotopic (exact) mass is 279 g/mol. The lowest BCUT2D eigenvalue weighted by Gasteiger charge is -2.46. The van der Waals surface area contributed by atoms with Crippen molar-refractivity contribution in [1.82, 2.24) is 15.2 Å². The van der Waals surface area contributed by atoms with Crippen LogP contribution in [-0.4, -0.2) is 35.1 Å². The van der Waals surface area contributed by atoms with Crippen LogP contribution < -0.4 is 5.32 Å². The first kappa shape index (κ1) is 13.5. The highest BCUT2D eigenvalue weighted by Crippen LogP contribution is 2.31. The molecular formula is C15H25N3S. The molecule has 2 aliphatic rings. The number of nitrogens with zero attached hydrogens (tertiary/aromatic N) is 2. The second-order valence-corrected chi connectivity index (χ2v) is 7.25. The van der Waals surface area contributed by atoms with Crippen LogP contribution in [0.3, 0.4) is 0 Å². The summed E-state index contributed by atoms with van der Waals surface area (Å²) in [6.45, 7) is 6.79. The molecule has 0 radical (unpaired) electrons. The van der Waals surface area contributed by atoms with Gasteiger partial charge >= 0.3 is 0 Å². The van der Waals surface area contributed by atoms with Crippen LogP contribution in [0.2, 0.25) is 0 Å². The summed E-state index contributed by atoms with van der Waals surface area (Å²) in [6, 6.07) is 0. The number of hydrogen-bond donors (Lipinski definition) is 1. The fourth-order valence-electron chi connectivity index (χ4n) is 3.52. The van der Waals surface area contributed by atoms with Crippen LogP contribution in [0.1, 0.15) is 48.9 Å². The Kier molecular flexibility index (Phi) is 4.20. The molecule has 106 valence electrons. The van der Waals surface area contributed by atoms with E-state index in [4.69, 9.17) is 0 Å². The number of rotatable bonds is 3. The molecule has 0 aromatic carbocycles. The summed E-state index contributed by atoms with van der Waals surface area (Å²) in [6.07, 6.45) is 10.1. The molecular weight excluding hydrogens is 254 g/mol. The van der Waals surface area contributed by atoms with Gasteiger partial charge in [0.05, 0.1) is 6.54 Å². The highest BCUT2D eigenvalue weighted by molar-refractivity contribution is 7.11. The summed E-state index contributed by atoms with van der Waals surface area (Å²) in [5.41, 5.74) is 0.418. The van der Waals surface area contributed by atoms with E-state index < -0.39 is 0 Å². The zero-order valence-corrected chi connectivity index (χ0v) is 12.8. The van der Waals surface area contributed by atoms with Gasteiger partial charge in [0.25, 0.3) is 0 Å². The molecule has 19 heavy (non-hydrogen) atoms. The summed E-state index contributed by atoms with van der Waals surface area (Å²) in [5, 5.41) is 5.10. The molecule has 1 saturated heterocycles. The minimum absolute atomic E-state index is 0.418. The highest BCUT2D eigenvalue weighted by atomic mass is 32.1. The third kappa shape index (κ3) is 3.18. The maximum Gasteiger partial charge on any atom is 0.107 e. The van der Waals surface area contributed by atoms with Gasteiger partial charge in [0, 0.05) is 36.2 Å². The Hall–Kier alpha value is -0.450. The molecule has 1 saturated carbocycles. The second-order valence-electron chi connectivity index (χ2n) is 6.05. The average Bonchev–Trinajstić information content (AvgIpc) is 2.87. The number of thiazole rings is 1. The average molecular weight is 279 g/mol. The molecule has 3 nitrogen and oxygen atoms in total. The molecule has 1 aromatic rings. The van der Waals surface area contributed by atoms with Crippen molar-refractivity contribution in [3.05, 3.63) is 16.1 Å². The largest absolute Gasteiger partial charge is 0.309 e. The third-order valence-corrected chi connectivity index (χ3v) is 5.70. The molecule has 3 rings (SSSR count). The molecule has 0 amide bonds. The van der Waals surface area contributed by atoms with Gasteiger partial charge in [-0.3, -0.25) is 4.90 Å². The maximum atomic E-state index is 4.57. The van der Waals surface area contributed by atoms with E-state index in [9.17, 15) is 0 Å². The Morgan fingerprint density at radius 1 is 1.37 bits per heavy atom. The normalized spacial score (nSPS) is 23.8. The maximum absolute atomic E-state index is 4.57. The lowest BCUT2D eigenvalue weighted by atomic mass is 9.80. The SMILES string of the molecule is CCc1cnc(CN2CCNC3(CCCCC3)C2)s1. The first-order chi connectivity index (χ1) is 9.30. The van der Waals surface area contributed by atoms with Crippen molar-refractivity contribution in [2.24, 2.45) is 0 Å². The van der Waals surface area contributed by atoms with Crippen molar-refractivity contribution in [2.75, 3.05) is 19.6 Å². The third-order valence-electron chi connectivity index (χ3n) is 4.57. The van der Waals surface area contributed by atoms with Gasteiger partial charge in [0.15, 0.2) is 0 Å². The van der Waals surface area contributed by atoms with E-state index in [0.717, 1.165) is 19.5 Å². The standard InChI is InChI=1S/C15H25N3S/c1-2-13-10-16-14(19-13)11-18-9-8-17-15(12-18)6-4-3-5-7-15/h10,17H,2-9,11-12H2,1H3. The summed E-state index contributed by atoms with van der Waals surface area (Å²) >= 11 is 1.89. The predicted octanol–water partition coefficient (Wildman–Crippen LogP) is 2.81. The molecule has 0 atom stereocenters. The molecule has 0 bridgehead atoms. The molecule has 0 unspecified atom stereocenters. The van der Waals surface area contributed by atoms with Crippen molar-refractivity contribution in [2.45, 2.75) is 57.5 Å². The Labute approximate surface area is 120 Å². The van der Waals surface area contributed by atoms with Crippen LogP contribution in [0, 0.1) is 0 Å². The first-order valence-electron chi connectivity index (χ1n) is 7.71. The van der Waals surface area contributed by atoms with Crippen molar-refractivity contribution < 1.29 is 0 Å². The summed E-state index contributed by atoms with van der Waals surface area (Å²) in [4.78, 5) is 8.60. The van der Waals surface area contributed by atoms with Gasteiger partial charge in [-0.15, -0.1) is 11.3 Å². The molecule has 4 heteroatoms. The zero-order valence-electron chi connectivity index (χ0n) is 12.0. The Bertz CT molecular complexity index is 404. The lowest BCUT2D eigenvalue weighted by molar-refractivity contribution is 0.0944. The van der Waals surface area contributed by atoms with E-state index in [2.05, 4.69) is 28.3 Å². The van der Waals surface area contributed by atoms with E-state index >= 15 is 0 Å². The van der Waals surface area contributed by atoms with Crippen LogP contribution in [-0.2, 0) is 13.0 Å². The van der Waals surface area contributed by atoms with Crippen molar-refractivity contribution in [3.8, 4) is 0 Å². The Morgan fingerprint density at radius 3 is 2.95 bits per heavy atom. The Balaban J connectivity index is 1.61. The molecule has 1 aliphatic carbocycles. The van der Waals surface area contributed by atoms with Gasteiger partial charge in [-0.2, -0.15) is 0 Å². The van der Waals surface area contributed by atoms with Gasteiger partial charge in [-0.25, -0.2) is 4.98 Å². The van der Waals surface area contributed by atoms with Crippen LogP contribution in [0.25, 0.3) is 0 Å². The van der Waals surface area contributed by atoms with Crippen molar-refractivity contribution in [1.29, 1.82) is 0 Å². The number of aromatic nitrogens is 1. The van der Waals surface area contributed by atoms with Crippen LogP contribution >= 0.6 is 11.3 Å². The van der Waals surface area contributed by atoms with Gasteiger partial charge in [0.1, 0.15) is 5.01 Å². The Morgan fingerprint density at radius 2 is 2.21 bits per heavy atom. The molecule has 2 fully saturated rings. The minimum Gasteiger partial charge on any atom is -0.309 e. The van der Waals surface area contributed by atoms with Crippen LogP contribution in [0.4, 0.5) is 0 Å². The number of nitrogens with one attached hydrogen (secondary N) is 1. The molecule has 1 spiro atoms. The molecule has 1 N–H and O–H groups in total. The second kappa shape index (κ2) is 5.90. The van der Waals surface area contributed by atoms with Gasteiger partial charge in [-0.1, -0.05) is 26.2 Å². The van der Waals surface area contributed by atoms with Crippen LogP contribution in [0.5, 0.6) is 0 Å². The van der Waals surface area contributed by atoms with Crippen LogP contribution in [0.15, 0.2) is 6.20 Å². The van der Waals surface area contributed by atoms with E-state index in [1.54, 1.807) is 0 Å². The summed E-state index contributed by atoms with van der Waals surface area (Å²) in [5.74, 6) is 0. The fourth-order valence-corrected chi connectivity index (χ4v) is 4.42. The quantitative estimate of drug-likeness (QED) is 0.922. The predicted molar refractivity (Wildman–Crippen MR) is 80.6 cm³/mol. The molecule has 1 aromatic heterocycles. The van der Waals surface area contributed by atoms with Gasteiger partial charge in [0.2, 0.25) is 0 Å². The lowest BCUT2D eigenvalue weighted by Crippen LogP contribution is -2.60. The van der Waals surface area contributed by atoms with E-state index in [-0.39, 0.29) is 0 Å². The smallest absolute Gasteiger partial charge is 0.107 e. The number of aryl methyl sites for hydroxylation is 1. The fraction of sp³-hybridized carbons (Fsp3) is 0.800. The van der Waals surface area contributed by atoms with Crippen molar-refractivity contribution >= 4 is 11.3 Å². The number of piperazine rings is 1. The van der Waals surface area contributed by atoms with Crippen molar-refractivity contribution in [3.63, 3.8) is 0 Å². The van der Waals surface area contributed by atoms with E-state index in [1.807, 2.05) is 11.3 Å². The van der Waals surface area contributed by atoms with E-state index in [0.29, 0.717) is 5.54 Å². The van der Waals surface area contributed by atoms with Gasteiger partial charge in [-0.05, 0) is 19.3 Å². The summed E-state index contributed by atoms with van der Waals surface area (Å²) in [7, 11) is 0. The van der Waals surface area contributed by atoms with Gasteiger partial charge < -0.3 is 5.32 Å². The molecule has 2 heterocycles. The topological polar surface area (TPSA) is 28.2 Å². The van der Waals surface area contributed by atoms with E-state index in [1.165, 1.54) is 55.1 Å². The highest BCUT2D eigenvalue weighted by Gasteiger charge is 2.36. The minimum atomic E-state index is 0.418. The first-order valence-corrected chi connectivity index (χ1v) is 8.52. The molecule has 1 aliphatic heterocycles. The summed E-state index contributed by atoms with van der Waals surface area (Å²) < 4.78 is 0. The zero-order chi connectivity index (χ0) is 13.1. The number of hydrogen-bond acceptors (Lipinski definition) is 4.